The lowest BCUT2D eigenvalue weighted by atomic mass is 9.89. The first kappa shape index (κ1) is 10.3. The summed E-state index contributed by atoms with van der Waals surface area (Å²) in [5, 5.41) is 7.52. The van der Waals surface area contributed by atoms with Crippen molar-refractivity contribution < 1.29 is 0 Å². The summed E-state index contributed by atoms with van der Waals surface area (Å²) >= 11 is 0. The molecule has 2 saturated carbocycles. The van der Waals surface area contributed by atoms with Crippen LogP contribution in [0.2, 0.25) is 0 Å². The molecule has 3 rings (SSSR count). The van der Waals surface area contributed by atoms with Crippen LogP contribution in [0.1, 0.15) is 62.5 Å². The Bertz CT molecular complexity index is 361. The predicted molar refractivity (Wildman–Crippen MR) is 62.2 cm³/mol. The summed E-state index contributed by atoms with van der Waals surface area (Å²) in [6.07, 6.45) is 8.90. The molecule has 1 heterocycles. The number of nitrogens with one attached hydrogen (secondary N) is 1. The van der Waals surface area contributed by atoms with Crippen LogP contribution in [0.5, 0.6) is 0 Å². The molecule has 1 aromatic heterocycles. The zero-order valence-corrected chi connectivity index (χ0v) is 9.71. The van der Waals surface area contributed by atoms with Gasteiger partial charge in [-0.05, 0) is 25.7 Å². The molecular formula is C12H20N4. The van der Waals surface area contributed by atoms with Crippen molar-refractivity contribution in [2.75, 3.05) is 6.54 Å². The highest BCUT2D eigenvalue weighted by Gasteiger charge is 2.46. The Labute approximate surface area is 96.0 Å². The largest absolute Gasteiger partial charge is 0.329 e. The Morgan fingerprint density at radius 2 is 2.00 bits per heavy atom. The van der Waals surface area contributed by atoms with Crippen LogP contribution in [-0.4, -0.2) is 21.7 Å². The third-order valence-electron chi connectivity index (χ3n) is 4.21. The van der Waals surface area contributed by atoms with Crippen molar-refractivity contribution in [3.63, 3.8) is 0 Å². The lowest BCUT2D eigenvalue weighted by molar-refractivity contribution is 0.429. The van der Waals surface area contributed by atoms with Crippen molar-refractivity contribution in [3.8, 4) is 0 Å². The Morgan fingerprint density at radius 1 is 1.25 bits per heavy atom. The molecule has 1 aromatic rings. The second-order valence-corrected chi connectivity index (χ2v) is 5.36. The molecule has 0 atom stereocenters. The van der Waals surface area contributed by atoms with Crippen molar-refractivity contribution in [1.29, 1.82) is 0 Å². The molecule has 0 unspecified atom stereocenters. The van der Waals surface area contributed by atoms with Crippen molar-refractivity contribution in [2.45, 2.75) is 56.3 Å². The summed E-state index contributed by atoms with van der Waals surface area (Å²) in [5.74, 6) is 2.69. The van der Waals surface area contributed by atoms with Crippen molar-refractivity contribution in [3.05, 3.63) is 11.6 Å². The fourth-order valence-electron chi connectivity index (χ4n) is 2.74. The number of hydrogen-bond donors (Lipinski definition) is 2. The van der Waals surface area contributed by atoms with Gasteiger partial charge < -0.3 is 5.73 Å². The van der Waals surface area contributed by atoms with Crippen LogP contribution >= 0.6 is 0 Å². The fourth-order valence-corrected chi connectivity index (χ4v) is 2.74. The van der Waals surface area contributed by atoms with E-state index in [1.807, 2.05) is 0 Å². The van der Waals surface area contributed by atoms with E-state index in [-0.39, 0.29) is 5.41 Å². The van der Waals surface area contributed by atoms with Crippen LogP contribution < -0.4 is 5.73 Å². The second kappa shape index (κ2) is 3.84. The quantitative estimate of drug-likeness (QED) is 0.816. The highest BCUT2D eigenvalue weighted by atomic mass is 15.2. The lowest BCUT2D eigenvalue weighted by Gasteiger charge is -2.18. The van der Waals surface area contributed by atoms with Crippen LogP contribution in [0.15, 0.2) is 0 Å². The van der Waals surface area contributed by atoms with Crippen LogP contribution in [0.3, 0.4) is 0 Å². The van der Waals surface area contributed by atoms with Crippen molar-refractivity contribution in [2.24, 2.45) is 5.73 Å². The first-order chi connectivity index (χ1) is 7.84. The predicted octanol–water partition coefficient (Wildman–Crippen LogP) is 1.84. The second-order valence-electron chi connectivity index (χ2n) is 5.36. The standard InChI is InChI=1S/C12H20N4/c13-8-12(6-7-12)11-14-10(15-16-11)9-4-2-1-3-5-9/h9H,1-8,13H2,(H,14,15,16). The molecule has 2 aliphatic carbocycles. The molecule has 4 nitrogen and oxygen atoms in total. The van der Waals surface area contributed by atoms with E-state index in [0.717, 1.165) is 24.5 Å². The maximum absolute atomic E-state index is 5.79. The van der Waals surface area contributed by atoms with E-state index in [1.54, 1.807) is 0 Å². The zero-order chi connectivity index (χ0) is 11.0. The zero-order valence-electron chi connectivity index (χ0n) is 9.71. The van der Waals surface area contributed by atoms with E-state index in [0.29, 0.717) is 12.5 Å². The minimum Gasteiger partial charge on any atom is -0.329 e. The molecule has 2 fully saturated rings. The van der Waals surface area contributed by atoms with E-state index in [9.17, 15) is 0 Å². The number of hydrogen-bond acceptors (Lipinski definition) is 3. The third kappa shape index (κ3) is 1.65. The van der Waals surface area contributed by atoms with E-state index in [1.165, 1.54) is 32.1 Å². The highest BCUT2D eigenvalue weighted by Crippen LogP contribution is 2.45. The fraction of sp³-hybridized carbons (Fsp3) is 0.833. The Hall–Kier alpha value is -0.900. The molecule has 0 spiro atoms. The molecule has 4 heteroatoms. The number of aromatic amines is 1. The first-order valence-corrected chi connectivity index (χ1v) is 6.47. The SMILES string of the molecule is NCC1(c2n[nH]c(C3CCCCC3)n2)CC1. The number of nitrogens with two attached hydrogens (primary N) is 1. The average Bonchev–Trinajstić information content (AvgIpc) is 3.00. The van der Waals surface area contributed by atoms with Gasteiger partial charge in [0.2, 0.25) is 0 Å². The molecule has 0 aromatic carbocycles. The molecule has 0 saturated heterocycles. The molecule has 0 aliphatic heterocycles. The Balaban J connectivity index is 1.77. The number of H-pyrrole nitrogens is 1. The Kier molecular flexibility index (Phi) is 2.46. The summed E-state index contributed by atoms with van der Waals surface area (Å²) in [6.45, 7) is 0.689. The maximum atomic E-state index is 5.79. The summed E-state index contributed by atoms with van der Waals surface area (Å²) in [5.41, 5.74) is 5.92. The van der Waals surface area contributed by atoms with E-state index in [4.69, 9.17) is 10.7 Å². The van der Waals surface area contributed by atoms with E-state index in [2.05, 4.69) is 10.2 Å². The monoisotopic (exact) mass is 220 g/mol. The minimum atomic E-state index is 0.128. The van der Waals surface area contributed by atoms with Gasteiger partial charge in [-0.3, -0.25) is 5.10 Å². The van der Waals surface area contributed by atoms with Crippen LogP contribution in [-0.2, 0) is 5.41 Å². The van der Waals surface area contributed by atoms with Gasteiger partial charge in [0.25, 0.3) is 0 Å². The lowest BCUT2D eigenvalue weighted by Crippen LogP contribution is -2.21. The summed E-state index contributed by atoms with van der Waals surface area (Å²) in [6, 6.07) is 0. The highest BCUT2D eigenvalue weighted by molar-refractivity contribution is 5.19. The van der Waals surface area contributed by atoms with Gasteiger partial charge in [0, 0.05) is 17.9 Å². The molecule has 2 aliphatic rings. The normalized spacial score (nSPS) is 24.6. The summed E-state index contributed by atoms with van der Waals surface area (Å²) in [4.78, 5) is 4.69. The first-order valence-electron chi connectivity index (χ1n) is 6.47. The summed E-state index contributed by atoms with van der Waals surface area (Å²) in [7, 11) is 0. The molecule has 0 radical (unpaired) electrons. The number of aromatic nitrogens is 3. The van der Waals surface area contributed by atoms with E-state index < -0.39 is 0 Å². The van der Waals surface area contributed by atoms with Crippen molar-refractivity contribution >= 4 is 0 Å². The van der Waals surface area contributed by atoms with E-state index >= 15 is 0 Å². The van der Waals surface area contributed by atoms with Gasteiger partial charge in [-0.1, -0.05) is 19.3 Å². The molecular weight excluding hydrogens is 200 g/mol. The van der Waals surface area contributed by atoms with Gasteiger partial charge in [0.05, 0.1) is 0 Å². The van der Waals surface area contributed by atoms with Gasteiger partial charge in [0.1, 0.15) is 5.82 Å². The molecule has 16 heavy (non-hydrogen) atoms. The van der Waals surface area contributed by atoms with Gasteiger partial charge >= 0.3 is 0 Å². The van der Waals surface area contributed by atoms with Gasteiger partial charge in [0.15, 0.2) is 5.82 Å². The number of rotatable bonds is 3. The topological polar surface area (TPSA) is 67.6 Å². The maximum Gasteiger partial charge on any atom is 0.158 e. The molecule has 3 N–H and O–H groups in total. The smallest absolute Gasteiger partial charge is 0.158 e. The minimum absolute atomic E-state index is 0.128. The van der Waals surface area contributed by atoms with Gasteiger partial charge in [-0.2, -0.15) is 5.10 Å². The van der Waals surface area contributed by atoms with Gasteiger partial charge in [-0.25, -0.2) is 4.98 Å². The molecule has 88 valence electrons. The number of nitrogens with zero attached hydrogens (tertiary/aromatic N) is 2. The van der Waals surface area contributed by atoms with Crippen LogP contribution in [0, 0.1) is 0 Å². The summed E-state index contributed by atoms with van der Waals surface area (Å²) < 4.78 is 0. The molecule has 0 bridgehead atoms. The van der Waals surface area contributed by atoms with Crippen molar-refractivity contribution in [1.82, 2.24) is 15.2 Å². The van der Waals surface area contributed by atoms with Crippen LogP contribution in [0.4, 0.5) is 0 Å². The Morgan fingerprint density at radius 3 is 2.62 bits per heavy atom. The van der Waals surface area contributed by atoms with Gasteiger partial charge in [-0.15, -0.1) is 0 Å². The molecule has 0 amide bonds. The van der Waals surface area contributed by atoms with Crippen LogP contribution in [0.25, 0.3) is 0 Å². The third-order valence-corrected chi connectivity index (χ3v) is 4.21. The average molecular weight is 220 g/mol.